The monoisotopic (exact) mass is 276 g/mol. The largest absolute Gasteiger partial charge is 0.487 e. The van der Waals surface area contributed by atoms with Crippen LogP contribution in [0.3, 0.4) is 0 Å². The van der Waals surface area contributed by atoms with Crippen LogP contribution in [0, 0.1) is 25.7 Å². The Hall–Kier alpha value is -1.02. The van der Waals surface area contributed by atoms with Crippen LogP contribution in [0.2, 0.25) is 0 Å². The first-order valence-corrected chi connectivity index (χ1v) is 8.11. The Bertz CT molecular complexity index is 429. The molecule has 0 amide bonds. The SMILES string of the molecule is Cc1ccc(OCC[NH2+][C@H]2CCC[C@H](C)[C@@H]2C)c(C)c1. The summed E-state index contributed by atoms with van der Waals surface area (Å²) in [6, 6.07) is 7.19. The summed E-state index contributed by atoms with van der Waals surface area (Å²) in [7, 11) is 0. The van der Waals surface area contributed by atoms with Gasteiger partial charge < -0.3 is 10.1 Å². The summed E-state index contributed by atoms with van der Waals surface area (Å²) in [5.74, 6) is 2.75. The zero-order valence-corrected chi connectivity index (χ0v) is 13.5. The van der Waals surface area contributed by atoms with Gasteiger partial charge in [0.05, 0.1) is 6.04 Å². The molecule has 1 aliphatic carbocycles. The van der Waals surface area contributed by atoms with Gasteiger partial charge in [0.1, 0.15) is 18.9 Å². The van der Waals surface area contributed by atoms with Crippen molar-refractivity contribution in [2.75, 3.05) is 13.2 Å². The van der Waals surface area contributed by atoms with Gasteiger partial charge in [-0.05, 0) is 50.7 Å². The van der Waals surface area contributed by atoms with Crippen LogP contribution >= 0.6 is 0 Å². The van der Waals surface area contributed by atoms with Gasteiger partial charge in [-0.1, -0.05) is 31.5 Å². The second-order valence-corrected chi connectivity index (χ2v) is 6.57. The van der Waals surface area contributed by atoms with Crippen molar-refractivity contribution in [2.24, 2.45) is 11.8 Å². The van der Waals surface area contributed by atoms with Crippen molar-refractivity contribution in [3.63, 3.8) is 0 Å². The molecule has 0 heterocycles. The molecule has 2 nitrogen and oxygen atoms in total. The van der Waals surface area contributed by atoms with E-state index < -0.39 is 0 Å². The average Bonchev–Trinajstić information content (AvgIpc) is 2.41. The van der Waals surface area contributed by atoms with Crippen molar-refractivity contribution in [3.8, 4) is 5.75 Å². The van der Waals surface area contributed by atoms with Gasteiger partial charge >= 0.3 is 0 Å². The van der Waals surface area contributed by atoms with Gasteiger partial charge in [-0.2, -0.15) is 0 Å². The Morgan fingerprint density at radius 3 is 2.75 bits per heavy atom. The highest BCUT2D eigenvalue weighted by Gasteiger charge is 2.29. The van der Waals surface area contributed by atoms with Crippen LogP contribution in [0.4, 0.5) is 0 Å². The van der Waals surface area contributed by atoms with E-state index in [2.05, 4.69) is 51.2 Å². The molecule has 3 atom stereocenters. The molecule has 0 bridgehead atoms. The van der Waals surface area contributed by atoms with Gasteiger partial charge in [-0.15, -0.1) is 0 Å². The van der Waals surface area contributed by atoms with Crippen LogP contribution in [-0.2, 0) is 0 Å². The summed E-state index contributed by atoms with van der Waals surface area (Å²) < 4.78 is 5.91. The van der Waals surface area contributed by atoms with E-state index in [0.717, 1.165) is 36.8 Å². The lowest BCUT2D eigenvalue weighted by molar-refractivity contribution is -0.699. The van der Waals surface area contributed by atoms with E-state index in [4.69, 9.17) is 4.74 Å². The Morgan fingerprint density at radius 1 is 1.20 bits per heavy atom. The van der Waals surface area contributed by atoms with Crippen molar-refractivity contribution in [2.45, 2.75) is 53.0 Å². The number of rotatable bonds is 5. The van der Waals surface area contributed by atoms with E-state index in [0.29, 0.717) is 0 Å². The maximum atomic E-state index is 5.91. The molecule has 1 aliphatic rings. The second-order valence-electron chi connectivity index (χ2n) is 6.57. The predicted octanol–water partition coefficient (Wildman–Crippen LogP) is 3.07. The summed E-state index contributed by atoms with van der Waals surface area (Å²) in [6.07, 6.45) is 4.17. The van der Waals surface area contributed by atoms with Gasteiger partial charge in [-0.3, -0.25) is 0 Å². The van der Waals surface area contributed by atoms with Crippen LogP contribution in [0.15, 0.2) is 18.2 Å². The zero-order valence-electron chi connectivity index (χ0n) is 13.5. The molecule has 2 N–H and O–H groups in total. The van der Waals surface area contributed by atoms with Crippen molar-refractivity contribution >= 4 is 0 Å². The highest BCUT2D eigenvalue weighted by atomic mass is 16.5. The highest BCUT2D eigenvalue weighted by Crippen LogP contribution is 2.27. The normalized spacial score (nSPS) is 26.5. The summed E-state index contributed by atoms with van der Waals surface area (Å²) in [5.41, 5.74) is 2.54. The van der Waals surface area contributed by atoms with Crippen LogP contribution in [0.5, 0.6) is 5.75 Å². The van der Waals surface area contributed by atoms with E-state index in [9.17, 15) is 0 Å². The first-order chi connectivity index (χ1) is 9.58. The van der Waals surface area contributed by atoms with Crippen LogP contribution in [0.1, 0.15) is 44.2 Å². The van der Waals surface area contributed by atoms with E-state index in [1.807, 2.05) is 0 Å². The molecule has 1 saturated carbocycles. The summed E-state index contributed by atoms with van der Waals surface area (Å²) in [5, 5.41) is 2.50. The number of benzene rings is 1. The number of hydrogen-bond donors (Lipinski definition) is 1. The van der Waals surface area contributed by atoms with E-state index in [-0.39, 0.29) is 0 Å². The van der Waals surface area contributed by atoms with Gasteiger partial charge in [-0.25, -0.2) is 0 Å². The second kappa shape index (κ2) is 7.12. The molecule has 112 valence electrons. The minimum atomic E-state index is 0.793. The van der Waals surface area contributed by atoms with Gasteiger partial charge in [0, 0.05) is 5.92 Å². The van der Waals surface area contributed by atoms with Crippen LogP contribution in [0.25, 0.3) is 0 Å². The molecular weight excluding hydrogens is 246 g/mol. The Kier molecular flexibility index (Phi) is 5.47. The minimum absolute atomic E-state index is 0.793. The third kappa shape index (κ3) is 3.99. The standard InChI is InChI=1S/C18H29NO/c1-13-8-9-18(15(3)12-13)20-11-10-19-17-7-5-6-14(2)16(17)4/h8-9,12,14,16-17,19H,5-7,10-11H2,1-4H3/p+1/t14-,16-,17-/m0/s1. The lowest BCUT2D eigenvalue weighted by Crippen LogP contribution is -2.92. The molecular formula is C18H30NO+. The fourth-order valence-electron chi connectivity index (χ4n) is 3.37. The summed E-state index contributed by atoms with van der Waals surface area (Å²) in [6.45, 7) is 10.9. The lowest BCUT2D eigenvalue weighted by Gasteiger charge is -2.32. The van der Waals surface area contributed by atoms with Gasteiger partial charge in [0.25, 0.3) is 0 Å². The maximum absolute atomic E-state index is 5.91. The maximum Gasteiger partial charge on any atom is 0.137 e. The Balaban J connectivity index is 1.73. The Labute approximate surface area is 123 Å². The molecule has 20 heavy (non-hydrogen) atoms. The molecule has 1 fully saturated rings. The van der Waals surface area contributed by atoms with Gasteiger partial charge in [0.15, 0.2) is 0 Å². The minimum Gasteiger partial charge on any atom is -0.487 e. The molecule has 0 radical (unpaired) electrons. The Morgan fingerprint density at radius 2 is 2.00 bits per heavy atom. The zero-order chi connectivity index (χ0) is 14.5. The topological polar surface area (TPSA) is 25.8 Å². The molecule has 1 aromatic carbocycles. The molecule has 0 aromatic heterocycles. The average molecular weight is 276 g/mol. The smallest absolute Gasteiger partial charge is 0.137 e. The number of aryl methyl sites for hydroxylation is 2. The molecule has 0 unspecified atom stereocenters. The van der Waals surface area contributed by atoms with E-state index >= 15 is 0 Å². The summed E-state index contributed by atoms with van der Waals surface area (Å²) >= 11 is 0. The quantitative estimate of drug-likeness (QED) is 0.822. The number of ether oxygens (including phenoxy) is 1. The molecule has 2 rings (SSSR count). The van der Waals surface area contributed by atoms with E-state index in [1.165, 1.54) is 30.4 Å². The molecule has 0 aliphatic heterocycles. The van der Waals surface area contributed by atoms with E-state index in [1.54, 1.807) is 0 Å². The third-order valence-electron chi connectivity index (χ3n) is 4.95. The molecule has 2 heteroatoms. The lowest BCUT2D eigenvalue weighted by atomic mass is 9.78. The number of hydrogen-bond acceptors (Lipinski definition) is 1. The third-order valence-corrected chi connectivity index (χ3v) is 4.95. The van der Waals surface area contributed by atoms with Crippen molar-refractivity contribution in [3.05, 3.63) is 29.3 Å². The van der Waals surface area contributed by atoms with Gasteiger partial charge in [0.2, 0.25) is 0 Å². The first kappa shape index (κ1) is 15.4. The highest BCUT2D eigenvalue weighted by molar-refractivity contribution is 5.35. The predicted molar refractivity (Wildman–Crippen MR) is 84.2 cm³/mol. The first-order valence-electron chi connectivity index (χ1n) is 8.11. The fraction of sp³-hybridized carbons (Fsp3) is 0.667. The van der Waals surface area contributed by atoms with Crippen LogP contribution in [-0.4, -0.2) is 19.2 Å². The van der Waals surface area contributed by atoms with Crippen molar-refractivity contribution in [1.82, 2.24) is 0 Å². The molecule has 1 aromatic rings. The molecule has 0 spiro atoms. The number of nitrogens with two attached hydrogens (primary N) is 1. The van der Waals surface area contributed by atoms with Crippen molar-refractivity contribution < 1.29 is 10.1 Å². The summed E-state index contributed by atoms with van der Waals surface area (Å²) in [4.78, 5) is 0. The number of quaternary nitrogens is 1. The fourth-order valence-corrected chi connectivity index (χ4v) is 3.37. The van der Waals surface area contributed by atoms with Crippen LogP contribution < -0.4 is 10.1 Å². The molecule has 0 saturated heterocycles. The van der Waals surface area contributed by atoms with Crippen molar-refractivity contribution in [1.29, 1.82) is 0 Å².